The summed E-state index contributed by atoms with van der Waals surface area (Å²) in [5.74, 6) is -0.903. The third-order valence-corrected chi connectivity index (χ3v) is 7.18. The van der Waals surface area contributed by atoms with Crippen LogP contribution in [0.25, 0.3) is 10.2 Å². The quantitative estimate of drug-likeness (QED) is 0.498. The van der Waals surface area contributed by atoms with Gasteiger partial charge in [-0.2, -0.15) is 5.01 Å². The van der Waals surface area contributed by atoms with Crippen LogP contribution in [-0.2, 0) is 16.0 Å². The summed E-state index contributed by atoms with van der Waals surface area (Å²) in [6, 6.07) is 16.9. The maximum atomic E-state index is 12.9. The number of carbonyl (C=O) groups is 3. The van der Waals surface area contributed by atoms with Crippen molar-refractivity contribution in [2.45, 2.75) is 38.3 Å². The van der Waals surface area contributed by atoms with Gasteiger partial charge in [0.05, 0.1) is 22.8 Å². The zero-order valence-corrected chi connectivity index (χ0v) is 19.7. The number of fused-ring (bicyclic) bond motifs is 1. The number of para-hydroxylation sites is 1. The number of nitrogens with one attached hydrogen (secondary N) is 2. The molecule has 1 aromatic heterocycles. The molecule has 9 heteroatoms. The fourth-order valence-corrected chi connectivity index (χ4v) is 4.86. The van der Waals surface area contributed by atoms with Crippen LogP contribution >= 0.6 is 11.3 Å². The molecule has 0 saturated carbocycles. The summed E-state index contributed by atoms with van der Waals surface area (Å²) in [5.41, 5.74) is 3.41. The smallest absolute Gasteiger partial charge is 0.322 e. The molecule has 1 fully saturated rings. The van der Waals surface area contributed by atoms with Crippen molar-refractivity contribution in [1.29, 1.82) is 0 Å². The number of rotatable bonds is 8. The first-order valence-electron chi connectivity index (χ1n) is 10.8. The number of hydrogen-bond donors (Lipinski definition) is 2. The van der Waals surface area contributed by atoms with Crippen molar-refractivity contribution < 1.29 is 14.4 Å². The summed E-state index contributed by atoms with van der Waals surface area (Å²) < 4.78 is 1.09. The summed E-state index contributed by atoms with van der Waals surface area (Å²) in [5, 5.41) is 4.42. The molecule has 8 nitrogen and oxygen atoms in total. The lowest BCUT2D eigenvalue weighted by atomic mass is 9.93. The first-order valence-corrected chi connectivity index (χ1v) is 11.6. The SMILES string of the molecule is C[C@@H](c1nc2ccccc2s1)N(C)CC(=O)NN1C(=O)N[C@@](C)(CCc2ccccc2)C1=O. The number of amides is 4. The van der Waals surface area contributed by atoms with Crippen LogP contribution in [0.1, 0.15) is 36.9 Å². The van der Waals surface area contributed by atoms with E-state index in [1.54, 1.807) is 18.3 Å². The van der Waals surface area contributed by atoms with Crippen molar-refractivity contribution in [3.05, 3.63) is 65.2 Å². The Morgan fingerprint density at radius 1 is 1.18 bits per heavy atom. The van der Waals surface area contributed by atoms with Gasteiger partial charge in [-0.15, -0.1) is 11.3 Å². The number of hydrazine groups is 1. The molecule has 0 unspecified atom stereocenters. The van der Waals surface area contributed by atoms with Crippen molar-refractivity contribution >= 4 is 39.4 Å². The molecule has 1 aliphatic heterocycles. The van der Waals surface area contributed by atoms with Crippen LogP contribution in [0.15, 0.2) is 54.6 Å². The highest BCUT2D eigenvalue weighted by molar-refractivity contribution is 7.18. The Hall–Kier alpha value is -3.30. The highest BCUT2D eigenvalue weighted by Gasteiger charge is 2.48. The van der Waals surface area contributed by atoms with E-state index in [9.17, 15) is 14.4 Å². The average Bonchev–Trinajstić information content (AvgIpc) is 3.33. The number of hydrogen-bond acceptors (Lipinski definition) is 6. The standard InChI is InChI=1S/C24H27N5O3S/c1-16(21-25-18-11-7-8-12-19(18)33-21)28(3)15-20(30)27-29-22(31)24(2,26-23(29)32)14-13-17-9-5-4-6-10-17/h4-12,16H,13-15H2,1-3H3,(H,26,32)(H,27,30)/t16-,24-/m0/s1. The molecule has 4 rings (SSSR count). The van der Waals surface area contributed by atoms with Crippen LogP contribution in [0.3, 0.4) is 0 Å². The van der Waals surface area contributed by atoms with Gasteiger partial charge in [0.25, 0.3) is 11.8 Å². The highest BCUT2D eigenvalue weighted by Crippen LogP contribution is 2.28. The lowest BCUT2D eigenvalue weighted by Crippen LogP contribution is -2.51. The second-order valence-corrected chi connectivity index (χ2v) is 9.60. The normalized spacial score (nSPS) is 19.2. The van der Waals surface area contributed by atoms with Crippen LogP contribution < -0.4 is 10.7 Å². The molecule has 33 heavy (non-hydrogen) atoms. The lowest BCUT2D eigenvalue weighted by molar-refractivity contribution is -0.139. The van der Waals surface area contributed by atoms with Crippen molar-refractivity contribution in [1.82, 2.24) is 25.6 Å². The summed E-state index contributed by atoms with van der Waals surface area (Å²) in [6.07, 6.45) is 1.07. The Labute approximate surface area is 196 Å². The van der Waals surface area contributed by atoms with Gasteiger partial charge >= 0.3 is 6.03 Å². The molecule has 2 atom stereocenters. The van der Waals surface area contributed by atoms with E-state index in [1.807, 2.05) is 73.5 Å². The number of urea groups is 1. The molecular formula is C24H27N5O3S. The Bertz CT molecular complexity index is 1150. The monoisotopic (exact) mass is 465 g/mol. The number of carbonyl (C=O) groups excluding carboxylic acids is 3. The van der Waals surface area contributed by atoms with E-state index in [1.165, 1.54) is 0 Å². The molecule has 0 aliphatic carbocycles. The van der Waals surface area contributed by atoms with E-state index in [0.717, 1.165) is 25.8 Å². The second-order valence-electron chi connectivity index (χ2n) is 8.53. The first-order chi connectivity index (χ1) is 15.8. The predicted molar refractivity (Wildman–Crippen MR) is 127 cm³/mol. The van der Waals surface area contributed by atoms with Gasteiger partial charge in [-0.1, -0.05) is 42.5 Å². The summed E-state index contributed by atoms with van der Waals surface area (Å²) in [4.78, 5) is 44.5. The minimum atomic E-state index is -1.07. The Morgan fingerprint density at radius 3 is 2.61 bits per heavy atom. The predicted octanol–water partition coefficient (Wildman–Crippen LogP) is 3.26. The number of likely N-dealkylation sites (N-methyl/N-ethyl adjacent to an activating group) is 1. The number of thiazole rings is 1. The van der Waals surface area contributed by atoms with E-state index >= 15 is 0 Å². The highest BCUT2D eigenvalue weighted by atomic mass is 32.1. The Kier molecular flexibility index (Phi) is 6.44. The maximum Gasteiger partial charge on any atom is 0.344 e. The zero-order valence-electron chi connectivity index (χ0n) is 18.9. The summed E-state index contributed by atoms with van der Waals surface area (Å²) in [7, 11) is 1.81. The van der Waals surface area contributed by atoms with E-state index in [-0.39, 0.29) is 12.6 Å². The number of nitrogens with zero attached hydrogens (tertiary/aromatic N) is 3. The van der Waals surface area contributed by atoms with Gasteiger partial charge in [0.1, 0.15) is 10.5 Å². The van der Waals surface area contributed by atoms with Gasteiger partial charge in [-0.05, 0) is 51.4 Å². The number of imide groups is 1. The molecule has 3 aromatic rings. The summed E-state index contributed by atoms with van der Waals surface area (Å²) in [6.45, 7) is 3.66. The molecule has 0 spiro atoms. The van der Waals surface area contributed by atoms with E-state index in [4.69, 9.17) is 0 Å². The molecule has 0 radical (unpaired) electrons. The minimum absolute atomic E-state index is 0.00881. The molecule has 172 valence electrons. The maximum absolute atomic E-state index is 12.9. The molecule has 1 aliphatic rings. The molecule has 2 N–H and O–H groups in total. The first kappa shape index (κ1) is 22.9. The van der Waals surface area contributed by atoms with Crippen LogP contribution in [-0.4, -0.2) is 51.9 Å². The van der Waals surface area contributed by atoms with Gasteiger partial charge in [-0.3, -0.25) is 19.9 Å². The largest absolute Gasteiger partial charge is 0.344 e. The fraction of sp³-hybridized carbons (Fsp3) is 0.333. The number of benzene rings is 2. The Morgan fingerprint density at radius 2 is 1.88 bits per heavy atom. The molecule has 4 amide bonds. The molecule has 2 heterocycles. The molecule has 1 saturated heterocycles. The molecular weight excluding hydrogens is 438 g/mol. The van der Waals surface area contributed by atoms with Gasteiger partial charge in [0.15, 0.2) is 0 Å². The zero-order chi connectivity index (χ0) is 23.6. The topological polar surface area (TPSA) is 94.6 Å². The average molecular weight is 466 g/mol. The van der Waals surface area contributed by atoms with Crippen molar-refractivity contribution in [3.8, 4) is 0 Å². The Balaban J connectivity index is 1.35. The molecule has 0 bridgehead atoms. The van der Waals surface area contributed by atoms with E-state index in [0.29, 0.717) is 12.8 Å². The van der Waals surface area contributed by atoms with Gasteiger partial charge in [-0.25, -0.2) is 9.78 Å². The van der Waals surface area contributed by atoms with E-state index < -0.39 is 23.4 Å². The summed E-state index contributed by atoms with van der Waals surface area (Å²) >= 11 is 1.58. The number of aromatic nitrogens is 1. The van der Waals surface area contributed by atoms with Gasteiger partial charge < -0.3 is 5.32 Å². The number of aryl methyl sites for hydroxylation is 1. The fourth-order valence-electron chi connectivity index (χ4n) is 3.78. The van der Waals surface area contributed by atoms with Crippen molar-refractivity contribution in [2.24, 2.45) is 0 Å². The van der Waals surface area contributed by atoms with Gasteiger partial charge in [0, 0.05) is 0 Å². The van der Waals surface area contributed by atoms with Crippen molar-refractivity contribution in [3.63, 3.8) is 0 Å². The van der Waals surface area contributed by atoms with Gasteiger partial charge in [0.2, 0.25) is 0 Å². The van der Waals surface area contributed by atoms with Crippen LogP contribution in [0.5, 0.6) is 0 Å². The third-order valence-electron chi connectivity index (χ3n) is 5.98. The third kappa shape index (κ3) is 4.89. The van der Waals surface area contributed by atoms with Crippen LogP contribution in [0.4, 0.5) is 4.79 Å². The minimum Gasteiger partial charge on any atom is -0.322 e. The van der Waals surface area contributed by atoms with Crippen LogP contribution in [0.2, 0.25) is 0 Å². The van der Waals surface area contributed by atoms with Crippen LogP contribution in [0, 0.1) is 0 Å². The lowest BCUT2D eigenvalue weighted by Gasteiger charge is -2.24. The second kappa shape index (κ2) is 9.29. The molecule has 2 aromatic carbocycles. The van der Waals surface area contributed by atoms with Crippen molar-refractivity contribution in [2.75, 3.05) is 13.6 Å². The van der Waals surface area contributed by atoms with E-state index in [2.05, 4.69) is 15.7 Å².